The molecule has 25 heavy (non-hydrogen) atoms. The molecule has 5 nitrogen and oxygen atoms in total. The van der Waals surface area contributed by atoms with Gasteiger partial charge in [-0.1, -0.05) is 32.9 Å². The van der Waals surface area contributed by atoms with Crippen LogP contribution in [-0.4, -0.2) is 37.8 Å². The van der Waals surface area contributed by atoms with E-state index in [1.54, 1.807) is 12.1 Å². The lowest BCUT2D eigenvalue weighted by atomic mass is 9.96. The van der Waals surface area contributed by atoms with Gasteiger partial charge in [-0.25, -0.2) is 8.42 Å². The third kappa shape index (κ3) is 4.82. The minimum absolute atomic E-state index is 0.0468. The highest BCUT2D eigenvalue weighted by atomic mass is 32.2. The quantitative estimate of drug-likeness (QED) is 0.842. The van der Waals surface area contributed by atoms with Gasteiger partial charge in [0, 0.05) is 25.0 Å². The van der Waals surface area contributed by atoms with Gasteiger partial charge in [0.15, 0.2) is 0 Å². The van der Waals surface area contributed by atoms with Gasteiger partial charge in [0.05, 0.1) is 4.90 Å². The van der Waals surface area contributed by atoms with Gasteiger partial charge in [-0.2, -0.15) is 4.31 Å². The average Bonchev–Trinajstić information content (AvgIpc) is 2.61. The zero-order valence-corrected chi connectivity index (χ0v) is 16.5. The van der Waals surface area contributed by atoms with Crippen LogP contribution in [0.3, 0.4) is 0 Å². The van der Waals surface area contributed by atoms with Gasteiger partial charge in [-0.15, -0.1) is 0 Å². The highest BCUT2D eigenvalue weighted by molar-refractivity contribution is 7.89. The first-order valence-electron chi connectivity index (χ1n) is 9.15. The number of piperidine rings is 1. The van der Waals surface area contributed by atoms with Crippen LogP contribution in [0.5, 0.6) is 0 Å². The summed E-state index contributed by atoms with van der Waals surface area (Å²) in [6.07, 6.45) is 2.03. The molecule has 1 fully saturated rings. The monoisotopic (exact) mass is 366 g/mol. The second-order valence-electron chi connectivity index (χ2n) is 7.22. The van der Waals surface area contributed by atoms with Crippen LogP contribution in [0.15, 0.2) is 29.2 Å². The summed E-state index contributed by atoms with van der Waals surface area (Å²) >= 11 is 0. The topological polar surface area (TPSA) is 66.5 Å². The molecule has 0 spiro atoms. The maximum Gasteiger partial charge on any atom is 0.243 e. The standard InChI is InChI=1S/C19H30N2O3S/c1-5-16-6-8-18(9-7-16)25(23,24)21-12-10-17(11-13-21)19(22)20-15(4)14(2)3/h6-9,14-15,17H,5,10-13H2,1-4H3,(H,20,22)/t15-/m0/s1. The lowest BCUT2D eigenvalue weighted by molar-refractivity contribution is -0.127. The maximum absolute atomic E-state index is 12.8. The molecular weight excluding hydrogens is 336 g/mol. The van der Waals surface area contributed by atoms with Gasteiger partial charge in [0.2, 0.25) is 15.9 Å². The van der Waals surface area contributed by atoms with Gasteiger partial charge < -0.3 is 5.32 Å². The molecule has 0 aliphatic carbocycles. The number of carbonyl (C=O) groups excluding carboxylic acids is 1. The van der Waals surface area contributed by atoms with E-state index in [2.05, 4.69) is 19.2 Å². The van der Waals surface area contributed by atoms with Crippen LogP contribution in [0.1, 0.15) is 46.1 Å². The smallest absolute Gasteiger partial charge is 0.243 e. The van der Waals surface area contributed by atoms with Crippen molar-refractivity contribution >= 4 is 15.9 Å². The van der Waals surface area contributed by atoms with E-state index in [0.29, 0.717) is 36.7 Å². The summed E-state index contributed by atoms with van der Waals surface area (Å²) in [6, 6.07) is 7.21. The Morgan fingerprint density at radius 3 is 2.20 bits per heavy atom. The number of amides is 1. The predicted molar refractivity (Wildman–Crippen MR) is 99.7 cm³/mol. The minimum atomic E-state index is -3.47. The molecule has 0 radical (unpaired) electrons. The Kier molecular flexibility index (Phi) is 6.63. The number of hydrogen-bond donors (Lipinski definition) is 1. The van der Waals surface area contributed by atoms with E-state index >= 15 is 0 Å². The molecule has 1 heterocycles. The molecule has 6 heteroatoms. The second kappa shape index (κ2) is 8.32. The molecular formula is C19H30N2O3S. The van der Waals surface area contributed by atoms with Crippen LogP contribution < -0.4 is 5.32 Å². The Labute approximate surface area is 151 Å². The molecule has 1 aromatic carbocycles. The molecule has 0 saturated carbocycles. The molecule has 1 aromatic rings. The van der Waals surface area contributed by atoms with E-state index in [1.165, 1.54) is 4.31 Å². The Hall–Kier alpha value is -1.40. The third-order valence-corrected chi connectivity index (χ3v) is 7.08. The van der Waals surface area contributed by atoms with Crippen molar-refractivity contribution < 1.29 is 13.2 Å². The molecule has 0 unspecified atom stereocenters. The Morgan fingerprint density at radius 2 is 1.72 bits per heavy atom. The Morgan fingerprint density at radius 1 is 1.16 bits per heavy atom. The first-order valence-corrected chi connectivity index (χ1v) is 10.6. The Bertz CT molecular complexity index is 675. The van der Waals surface area contributed by atoms with Gasteiger partial charge >= 0.3 is 0 Å². The van der Waals surface area contributed by atoms with Crippen molar-refractivity contribution in [1.29, 1.82) is 0 Å². The van der Waals surface area contributed by atoms with E-state index in [4.69, 9.17) is 0 Å². The van der Waals surface area contributed by atoms with Crippen molar-refractivity contribution in [3.8, 4) is 0 Å². The fourth-order valence-corrected chi connectivity index (χ4v) is 4.38. The van der Waals surface area contributed by atoms with Crippen LogP contribution in [0.4, 0.5) is 0 Å². The van der Waals surface area contributed by atoms with Crippen LogP contribution in [0, 0.1) is 11.8 Å². The highest BCUT2D eigenvalue weighted by Crippen LogP contribution is 2.24. The second-order valence-corrected chi connectivity index (χ2v) is 9.16. The number of nitrogens with one attached hydrogen (secondary N) is 1. The maximum atomic E-state index is 12.8. The largest absolute Gasteiger partial charge is 0.353 e. The minimum Gasteiger partial charge on any atom is -0.353 e. The van der Waals surface area contributed by atoms with Gasteiger partial charge in [0.1, 0.15) is 0 Å². The summed E-state index contributed by atoms with van der Waals surface area (Å²) < 4.78 is 27.0. The first kappa shape index (κ1) is 19.9. The van der Waals surface area contributed by atoms with E-state index in [1.807, 2.05) is 26.0 Å². The fourth-order valence-electron chi connectivity index (χ4n) is 2.91. The van der Waals surface area contributed by atoms with Crippen molar-refractivity contribution in [1.82, 2.24) is 9.62 Å². The summed E-state index contributed by atoms with van der Waals surface area (Å²) in [6.45, 7) is 8.98. The van der Waals surface area contributed by atoms with Crippen LogP contribution in [0.25, 0.3) is 0 Å². The normalized spacial score (nSPS) is 18.3. The summed E-state index contributed by atoms with van der Waals surface area (Å²) in [4.78, 5) is 12.7. The van der Waals surface area contributed by atoms with Crippen molar-refractivity contribution in [3.05, 3.63) is 29.8 Å². The molecule has 0 aromatic heterocycles. The molecule has 1 N–H and O–H groups in total. The summed E-state index contributed by atoms with van der Waals surface area (Å²) in [5.41, 5.74) is 1.12. The molecule has 1 amide bonds. The molecule has 140 valence electrons. The number of nitrogens with zero attached hydrogens (tertiary/aromatic N) is 1. The number of aryl methyl sites for hydroxylation is 1. The average molecular weight is 367 g/mol. The zero-order valence-electron chi connectivity index (χ0n) is 15.7. The van der Waals surface area contributed by atoms with E-state index in [-0.39, 0.29) is 17.9 Å². The molecule has 2 rings (SSSR count). The number of rotatable bonds is 6. The number of sulfonamides is 1. The fraction of sp³-hybridized carbons (Fsp3) is 0.632. The van der Waals surface area contributed by atoms with Crippen molar-refractivity contribution in [3.63, 3.8) is 0 Å². The molecule has 1 atom stereocenters. The summed E-state index contributed by atoms with van der Waals surface area (Å²) in [5, 5.41) is 3.04. The van der Waals surface area contributed by atoms with Crippen molar-refractivity contribution in [2.24, 2.45) is 11.8 Å². The lowest BCUT2D eigenvalue weighted by Gasteiger charge is -2.31. The SMILES string of the molecule is CCc1ccc(S(=O)(=O)N2CCC(C(=O)N[C@@H](C)C(C)C)CC2)cc1. The molecule has 0 bridgehead atoms. The third-order valence-electron chi connectivity index (χ3n) is 5.16. The predicted octanol–water partition coefficient (Wildman–Crippen LogP) is 2.81. The van der Waals surface area contributed by atoms with Crippen LogP contribution >= 0.6 is 0 Å². The summed E-state index contributed by atoms with van der Waals surface area (Å²) in [5.74, 6) is 0.330. The van der Waals surface area contributed by atoms with Crippen LogP contribution in [-0.2, 0) is 21.2 Å². The number of hydrogen-bond acceptors (Lipinski definition) is 3. The summed E-state index contributed by atoms with van der Waals surface area (Å²) in [7, 11) is -3.47. The highest BCUT2D eigenvalue weighted by Gasteiger charge is 2.32. The molecule has 1 saturated heterocycles. The van der Waals surface area contributed by atoms with Gasteiger partial charge in [-0.05, 0) is 49.8 Å². The number of benzene rings is 1. The van der Waals surface area contributed by atoms with Crippen molar-refractivity contribution in [2.45, 2.75) is 57.9 Å². The van der Waals surface area contributed by atoms with E-state index < -0.39 is 10.0 Å². The van der Waals surface area contributed by atoms with Crippen LogP contribution in [0.2, 0.25) is 0 Å². The van der Waals surface area contributed by atoms with Gasteiger partial charge in [-0.3, -0.25) is 4.79 Å². The van der Waals surface area contributed by atoms with E-state index in [0.717, 1.165) is 12.0 Å². The van der Waals surface area contributed by atoms with E-state index in [9.17, 15) is 13.2 Å². The zero-order chi connectivity index (χ0) is 18.6. The van der Waals surface area contributed by atoms with Gasteiger partial charge in [0.25, 0.3) is 0 Å². The molecule has 1 aliphatic heterocycles. The lowest BCUT2D eigenvalue weighted by Crippen LogP contribution is -2.45. The number of carbonyl (C=O) groups is 1. The Balaban J connectivity index is 1.97. The first-order chi connectivity index (χ1) is 11.8. The van der Waals surface area contributed by atoms with Crippen molar-refractivity contribution in [2.75, 3.05) is 13.1 Å². The molecule has 1 aliphatic rings.